The number of esters is 4. The highest BCUT2D eigenvalue weighted by molar-refractivity contribution is 5.91. The minimum Gasteiger partial charge on any atom is -0.493 e. The molecule has 1 fully saturated rings. The molecule has 0 spiro atoms. The molecule has 1 N–H and O–H groups in total. The van der Waals surface area contributed by atoms with Crippen LogP contribution < -0.4 is 14.2 Å². The fraction of sp³-hybridized carbons (Fsp3) is 0.500. The predicted molar refractivity (Wildman–Crippen MR) is 133 cm³/mol. The van der Waals surface area contributed by atoms with Gasteiger partial charge in [-0.2, -0.15) is 0 Å². The molecule has 2 rings (SSSR count). The maximum Gasteiger partial charge on any atom is 0.331 e. The number of carbonyl (C=O) groups is 5. The quantitative estimate of drug-likeness (QED) is 0.231. The Labute approximate surface area is 230 Å². The summed E-state index contributed by atoms with van der Waals surface area (Å²) in [5.41, 5.74) is 0.444. The fourth-order valence-corrected chi connectivity index (χ4v) is 3.81. The molecule has 14 heteroatoms. The van der Waals surface area contributed by atoms with E-state index in [1.807, 2.05) is 0 Å². The average Bonchev–Trinajstić information content (AvgIpc) is 2.85. The summed E-state index contributed by atoms with van der Waals surface area (Å²) >= 11 is 0. The van der Waals surface area contributed by atoms with Crippen LogP contribution in [0.15, 0.2) is 17.7 Å². The molecule has 0 amide bonds. The Morgan fingerprint density at radius 1 is 0.800 bits per heavy atom. The van der Waals surface area contributed by atoms with E-state index < -0.39 is 67.2 Å². The molecule has 0 aliphatic carbocycles. The van der Waals surface area contributed by atoms with Gasteiger partial charge in [0, 0.05) is 33.3 Å². The topological polar surface area (TPSA) is 179 Å². The second-order valence-electron chi connectivity index (χ2n) is 8.57. The molecule has 0 aromatic heterocycles. The lowest BCUT2D eigenvalue weighted by atomic mass is 9.98. The van der Waals surface area contributed by atoms with Crippen molar-refractivity contribution >= 4 is 35.9 Å². The lowest BCUT2D eigenvalue weighted by Crippen LogP contribution is -2.63. The minimum atomic E-state index is -1.54. The smallest absolute Gasteiger partial charge is 0.331 e. The highest BCUT2D eigenvalue weighted by atomic mass is 16.7. The summed E-state index contributed by atoms with van der Waals surface area (Å²) in [4.78, 5) is 58.8. The van der Waals surface area contributed by atoms with Crippen LogP contribution in [0.25, 0.3) is 6.08 Å². The van der Waals surface area contributed by atoms with E-state index in [0.717, 1.165) is 27.7 Å². The zero-order chi connectivity index (χ0) is 30.1. The summed E-state index contributed by atoms with van der Waals surface area (Å²) in [5.74, 6) is -4.06. The van der Waals surface area contributed by atoms with E-state index in [2.05, 4.69) is 0 Å². The molecule has 1 aromatic carbocycles. The van der Waals surface area contributed by atoms with Crippen LogP contribution in [0.1, 0.15) is 40.2 Å². The summed E-state index contributed by atoms with van der Waals surface area (Å²) in [7, 11) is 2.65. The molecule has 1 aliphatic heterocycles. The van der Waals surface area contributed by atoms with E-state index in [0.29, 0.717) is 5.56 Å². The Morgan fingerprint density at radius 3 is 1.75 bits per heavy atom. The number of benzene rings is 1. The van der Waals surface area contributed by atoms with E-state index in [4.69, 9.17) is 37.9 Å². The standard InChI is InChI=1S/C26H32O14/c1-12(25(31)32)8-17-9-18(33-6)21(19(10-17)34-7)40-26-24(38-16(5)30)23(37-15(4)29)22(36-14(3)28)20(39-26)11-35-13(2)27/h8-10,20,22-24,26H,11H2,1-7H3,(H,31,32)/t20-,22-,23+,24+,26-/m1/s1. The maximum absolute atomic E-state index is 12.1. The summed E-state index contributed by atoms with van der Waals surface area (Å²) < 4.78 is 44.1. The second-order valence-corrected chi connectivity index (χ2v) is 8.57. The summed E-state index contributed by atoms with van der Waals surface area (Å²) in [5, 5.41) is 9.22. The van der Waals surface area contributed by atoms with Crippen LogP contribution in [-0.4, -0.2) is 86.5 Å². The zero-order valence-electron chi connectivity index (χ0n) is 23.1. The van der Waals surface area contributed by atoms with Crippen molar-refractivity contribution in [2.24, 2.45) is 0 Å². The predicted octanol–water partition coefficient (Wildman–Crippen LogP) is 1.65. The SMILES string of the molecule is COc1cc(C=C(C)C(=O)O)cc(OC)c1O[C@H]1O[C@H](COC(C)=O)[C@@H](OC(C)=O)[C@H](OC(C)=O)[C@@H]1OC(C)=O. The largest absolute Gasteiger partial charge is 0.493 e. The monoisotopic (exact) mass is 568 g/mol. The number of carboxylic acids is 1. The van der Waals surface area contributed by atoms with Gasteiger partial charge >= 0.3 is 29.8 Å². The molecule has 40 heavy (non-hydrogen) atoms. The number of aliphatic carboxylic acids is 1. The molecule has 1 saturated heterocycles. The Kier molecular flexibility index (Phi) is 11.3. The Balaban J connectivity index is 2.64. The molecule has 1 aliphatic rings. The van der Waals surface area contributed by atoms with Crippen LogP contribution >= 0.6 is 0 Å². The van der Waals surface area contributed by atoms with Gasteiger partial charge in [-0.15, -0.1) is 0 Å². The van der Waals surface area contributed by atoms with Gasteiger partial charge in [0.05, 0.1) is 14.2 Å². The van der Waals surface area contributed by atoms with Gasteiger partial charge < -0.3 is 43.0 Å². The van der Waals surface area contributed by atoms with Crippen molar-refractivity contribution in [2.75, 3.05) is 20.8 Å². The normalized spacial score (nSPS) is 22.4. The van der Waals surface area contributed by atoms with Crippen molar-refractivity contribution in [3.8, 4) is 17.2 Å². The lowest BCUT2D eigenvalue weighted by molar-refractivity contribution is -0.288. The molecule has 1 aromatic rings. The number of hydrogen-bond acceptors (Lipinski definition) is 13. The number of hydrogen-bond donors (Lipinski definition) is 1. The van der Waals surface area contributed by atoms with Crippen LogP contribution in [0.3, 0.4) is 0 Å². The van der Waals surface area contributed by atoms with E-state index >= 15 is 0 Å². The third-order valence-electron chi connectivity index (χ3n) is 5.39. The van der Waals surface area contributed by atoms with E-state index in [1.54, 1.807) is 0 Å². The molecule has 1 heterocycles. The number of carbonyl (C=O) groups excluding carboxylic acids is 4. The molecule has 0 bridgehead atoms. The molecule has 5 atom stereocenters. The first-order valence-corrected chi connectivity index (χ1v) is 11.9. The molecular formula is C26H32O14. The number of rotatable bonds is 11. The van der Waals surface area contributed by atoms with Gasteiger partial charge in [0.25, 0.3) is 0 Å². The summed E-state index contributed by atoms with van der Waals surface area (Å²) in [6, 6.07) is 2.94. The molecule has 0 unspecified atom stereocenters. The van der Waals surface area contributed by atoms with Crippen LogP contribution in [0.2, 0.25) is 0 Å². The van der Waals surface area contributed by atoms with Crippen molar-refractivity contribution in [1.82, 2.24) is 0 Å². The van der Waals surface area contributed by atoms with Gasteiger partial charge in [-0.05, 0) is 30.7 Å². The van der Waals surface area contributed by atoms with Gasteiger partial charge in [-0.3, -0.25) is 19.2 Å². The van der Waals surface area contributed by atoms with E-state index in [9.17, 15) is 29.1 Å². The summed E-state index contributed by atoms with van der Waals surface area (Å²) in [6.45, 7) is 5.42. The van der Waals surface area contributed by atoms with Gasteiger partial charge in [0.15, 0.2) is 23.7 Å². The Hall–Kier alpha value is -4.33. The average molecular weight is 569 g/mol. The van der Waals surface area contributed by atoms with Crippen molar-refractivity contribution in [2.45, 2.75) is 65.3 Å². The van der Waals surface area contributed by atoms with Gasteiger partial charge in [0.2, 0.25) is 18.1 Å². The van der Waals surface area contributed by atoms with Crippen molar-refractivity contribution < 1.29 is 67.0 Å². The van der Waals surface area contributed by atoms with Crippen LogP contribution in [0.4, 0.5) is 0 Å². The highest BCUT2D eigenvalue weighted by Gasteiger charge is 2.53. The lowest BCUT2D eigenvalue weighted by Gasteiger charge is -2.44. The number of ether oxygens (including phenoxy) is 8. The van der Waals surface area contributed by atoms with Crippen LogP contribution in [-0.2, 0) is 47.7 Å². The van der Waals surface area contributed by atoms with Crippen LogP contribution in [0, 0.1) is 0 Å². The Morgan fingerprint density at radius 2 is 1.30 bits per heavy atom. The van der Waals surface area contributed by atoms with Crippen molar-refractivity contribution in [3.05, 3.63) is 23.3 Å². The first-order chi connectivity index (χ1) is 18.8. The van der Waals surface area contributed by atoms with E-state index in [1.165, 1.54) is 39.4 Å². The molecule has 14 nitrogen and oxygen atoms in total. The van der Waals surface area contributed by atoms with Gasteiger partial charge in [-0.25, -0.2) is 4.79 Å². The third-order valence-corrected chi connectivity index (χ3v) is 5.39. The third kappa shape index (κ3) is 8.59. The van der Waals surface area contributed by atoms with E-state index in [-0.39, 0.29) is 22.8 Å². The first-order valence-electron chi connectivity index (χ1n) is 11.9. The Bertz CT molecular complexity index is 1130. The summed E-state index contributed by atoms with van der Waals surface area (Å²) in [6.07, 6.45) is -5.67. The maximum atomic E-state index is 12.1. The zero-order valence-corrected chi connectivity index (χ0v) is 23.1. The highest BCUT2D eigenvalue weighted by Crippen LogP contribution is 2.42. The molecule has 0 radical (unpaired) electrons. The van der Waals surface area contributed by atoms with Crippen molar-refractivity contribution in [3.63, 3.8) is 0 Å². The second kappa shape index (κ2) is 14.2. The van der Waals surface area contributed by atoms with Gasteiger partial charge in [-0.1, -0.05) is 0 Å². The molecular weight excluding hydrogens is 536 g/mol. The number of methoxy groups -OCH3 is 2. The van der Waals surface area contributed by atoms with Crippen LogP contribution in [0.5, 0.6) is 17.2 Å². The fourth-order valence-electron chi connectivity index (χ4n) is 3.81. The number of carboxylic acid groups (broad SMARTS) is 1. The van der Waals surface area contributed by atoms with Gasteiger partial charge in [0.1, 0.15) is 12.7 Å². The van der Waals surface area contributed by atoms with Crippen molar-refractivity contribution in [1.29, 1.82) is 0 Å². The molecule has 220 valence electrons. The molecule has 0 saturated carbocycles. The first kappa shape index (κ1) is 31.9. The minimum absolute atomic E-state index is 0.0392.